The predicted molar refractivity (Wildman–Crippen MR) is 26.6 cm³/mol. The van der Waals surface area contributed by atoms with Crippen molar-refractivity contribution in [1.29, 1.82) is 0 Å². The molecule has 10 heteroatoms. The minimum Gasteiger partial charge on any atom is -0.203 e. The molecular weight excluding hydrogens is 230 g/mol. The van der Waals surface area contributed by atoms with E-state index < -0.39 is 24.3 Å². The second kappa shape index (κ2) is 3.31. The van der Waals surface area contributed by atoms with Gasteiger partial charge in [-0.25, -0.2) is 8.78 Å². The Morgan fingerprint density at radius 1 is 0.929 bits per heavy atom. The molecule has 0 heterocycles. The minimum absolute atomic E-state index is 0.394. The summed E-state index contributed by atoms with van der Waals surface area (Å²) in [6, 6.07) is -6.09. The topological polar surface area (TPSA) is 29.4 Å². The first-order chi connectivity index (χ1) is 6.00. The summed E-state index contributed by atoms with van der Waals surface area (Å²) >= 11 is 0. The van der Waals surface area contributed by atoms with Crippen LogP contribution in [0.1, 0.15) is 0 Å². The fourth-order valence-corrected chi connectivity index (χ4v) is 0.395. The average Bonchev–Trinajstić information content (AvgIpc) is 2.03. The Balaban J connectivity index is 5.24. The van der Waals surface area contributed by atoms with E-state index in [-0.39, 0.29) is 0 Å². The van der Waals surface area contributed by atoms with Crippen molar-refractivity contribution in [3.05, 3.63) is 4.91 Å². The highest BCUT2D eigenvalue weighted by molar-refractivity contribution is 4.96. The average molecular weight is 231 g/mol. The molecule has 0 aromatic carbocycles. The fourth-order valence-electron chi connectivity index (χ4n) is 0.395. The molecule has 0 aliphatic rings. The van der Waals surface area contributed by atoms with Crippen LogP contribution in [0.5, 0.6) is 0 Å². The van der Waals surface area contributed by atoms with E-state index in [1.54, 1.807) is 0 Å². The second-order valence-electron chi connectivity index (χ2n) is 2.13. The first kappa shape index (κ1) is 13.0. The monoisotopic (exact) mass is 231 g/mol. The van der Waals surface area contributed by atoms with Crippen LogP contribution >= 0.6 is 0 Å². The number of hydrogen-bond acceptors (Lipinski definition) is 2. The molecule has 0 aliphatic carbocycles. The first-order valence-corrected chi connectivity index (χ1v) is 2.77. The quantitative estimate of drug-likeness (QED) is 0.415. The Kier molecular flexibility index (Phi) is 3.09. The lowest BCUT2D eigenvalue weighted by atomic mass is 10.1. The van der Waals surface area contributed by atoms with Crippen molar-refractivity contribution in [2.75, 3.05) is 0 Å². The van der Waals surface area contributed by atoms with Crippen LogP contribution in [0.15, 0.2) is 5.18 Å². The van der Waals surface area contributed by atoms with Crippen molar-refractivity contribution in [3.8, 4) is 0 Å². The molecule has 0 aromatic heterocycles. The summed E-state index contributed by atoms with van der Waals surface area (Å²) < 4.78 is 93.6. The van der Waals surface area contributed by atoms with Gasteiger partial charge in [-0.1, -0.05) is 0 Å². The predicted octanol–water partition coefficient (Wildman–Crippen LogP) is 2.88. The van der Waals surface area contributed by atoms with Gasteiger partial charge in [0.05, 0.1) is 0 Å². The van der Waals surface area contributed by atoms with Crippen LogP contribution in [-0.4, -0.2) is 24.3 Å². The van der Waals surface area contributed by atoms with Crippen LogP contribution in [0, 0.1) is 4.91 Å². The van der Waals surface area contributed by atoms with E-state index in [1.807, 2.05) is 0 Å². The molecule has 0 N–H and O–H groups in total. The highest BCUT2D eigenvalue weighted by atomic mass is 19.4. The molecular formula is C4HF8NO. The summed E-state index contributed by atoms with van der Waals surface area (Å²) in [5.74, 6) is -12.9. The third-order valence-electron chi connectivity index (χ3n) is 1.19. The zero-order chi connectivity index (χ0) is 11.8. The van der Waals surface area contributed by atoms with E-state index in [4.69, 9.17) is 4.91 Å². The lowest BCUT2D eigenvalue weighted by Crippen LogP contribution is -2.56. The van der Waals surface area contributed by atoms with Crippen molar-refractivity contribution >= 4 is 0 Å². The molecule has 0 aliphatic heterocycles. The van der Waals surface area contributed by atoms with E-state index in [1.165, 1.54) is 0 Å². The molecule has 0 fully saturated rings. The molecule has 0 spiro atoms. The molecule has 0 radical (unpaired) electrons. The molecule has 0 amide bonds. The Labute approximate surface area is 70.9 Å². The molecule has 0 bridgehead atoms. The van der Waals surface area contributed by atoms with Gasteiger partial charge >= 0.3 is 24.3 Å². The van der Waals surface area contributed by atoms with Crippen LogP contribution < -0.4 is 0 Å². The Morgan fingerprint density at radius 2 is 1.29 bits per heavy atom. The third kappa shape index (κ3) is 1.64. The zero-order valence-electron chi connectivity index (χ0n) is 5.96. The highest BCUT2D eigenvalue weighted by Crippen LogP contribution is 2.48. The lowest BCUT2D eigenvalue weighted by molar-refractivity contribution is -0.336. The molecule has 0 rings (SSSR count). The van der Waals surface area contributed by atoms with Gasteiger partial charge in [0.15, 0.2) is 0 Å². The number of hydrogen-bond donors (Lipinski definition) is 0. The summed E-state index contributed by atoms with van der Waals surface area (Å²) in [5, 5.41) is 0.394. The standard InChI is InChI=1S/C4HF8NO/c5-1(6)2(7,8)3(9,10)4(11,12)13-14/h1H. The second-order valence-corrected chi connectivity index (χ2v) is 2.13. The number of alkyl halides is 8. The van der Waals surface area contributed by atoms with Gasteiger partial charge < -0.3 is 0 Å². The van der Waals surface area contributed by atoms with Crippen molar-refractivity contribution < 1.29 is 35.1 Å². The van der Waals surface area contributed by atoms with Gasteiger partial charge in [0.1, 0.15) is 0 Å². The molecule has 0 aromatic rings. The number of halogens is 8. The van der Waals surface area contributed by atoms with Gasteiger partial charge in [0.25, 0.3) is 0 Å². The minimum atomic E-state index is -6.53. The first-order valence-electron chi connectivity index (χ1n) is 2.77. The van der Waals surface area contributed by atoms with Gasteiger partial charge in [-0.3, -0.25) is 0 Å². The van der Waals surface area contributed by atoms with Gasteiger partial charge in [0.2, 0.25) is 0 Å². The Morgan fingerprint density at radius 3 is 1.50 bits per heavy atom. The van der Waals surface area contributed by atoms with E-state index in [0.717, 1.165) is 0 Å². The fraction of sp³-hybridized carbons (Fsp3) is 1.00. The van der Waals surface area contributed by atoms with E-state index >= 15 is 0 Å². The van der Waals surface area contributed by atoms with Gasteiger partial charge in [-0.05, 0) is 0 Å². The number of nitroso groups, excluding NO2 is 1. The summed E-state index contributed by atoms with van der Waals surface area (Å²) in [7, 11) is 0. The van der Waals surface area contributed by atoms with Crippen molar-refractivity contribution in [2.24, 2.45) is 5.18 Å². The van der Waals surface area contributed by atoms with E-state index in [0.29, 0.717) is 5.18 Å². The van der Waals surface area contributed by atoms with E-state index in [9.17, 15) is 35.1 Å². The van der Waals surface area contributed by atoms with Crippen molar-refractivity contribution in [3.63, 3.8) is 0 Å². The molecule has 0 saturated carbocycles. The van der Waals surface area contributed by atoms with Gasteiger partial charge in [-0.15, -0.1) is 4.91 Å². The summed E-state index contributed by atoms with van der Waals surface area (Å²) in [5.41, 5.74) is 0. The van der Waals surface area contributed by atoms with Gasteiger partial charge in [0, 0.05) is 5.18 Å². The molecule has 0 saturated heterocycles. The molecule has 84 valence electrons. The van der Waals surface area contributed by atoms with Gasteiger partial charge in [-0.2, -0.15) is 26.3 Å². The third-order valence-corrected chi connectivity index (χ3v) is 1.19. The SMILES string of the molecule is O=NC(F)(F)C(F)(F)C(F)(F)C(F)F. The van der Waals surface area contributed by atoms with Crippen LogP contribution in [0.2, 0.25) is 0 Å². The normalized spacial score (nSPS) is 14.6. The van der Waals surface area contributed by atoms with Crippen molar-refractivity contribution in [1.82, 2.24) is 0 Å². The zero-order valence-corrected chi connectivity index (χ0v) is 5.96. The number of nitrogens with zero attached hydrogens (tertiary/aromatic N) is 1. The maximum atomic E-state index is 12.0. The summed E-state index contributed by atoms with van der Waals surface area (Å²) in [6.07, 6.45) is -5.04. The largest absolute Gasteiger partial charge is 0.445 e. The lowest BCUT2D eigenvalue weighted by Gasteiger charge is -2.27. The Bertz CT molecular complexity index is 225. The van der Waals surface area contributed by atoms with Crippen molar-refractivity contribution in [2.45, 2.75) is 24.3 Å². The van der Waals surface area contributed by atoms with Crippen LogP contribution in [0.4, 0.5) is 35.1 Å². The number of rotatable bonds is 4. The summed E-state index contributed by atoms with van der Waals surface area (Å²) in [6.45, 7) is 0. The highest BCUT2D eigenvalue weighted by Gasteiger charge is 2.77. The smallest absolute Gasteiger partial charge is 0.203 e. The Hall–Kier alpha value is -0.960. The van der Waals surface area contributed by atoms with Crippen LogP contribution in [0.3, 0.4) is 0 Å². The maximum Gasteiger partial charge on any atom is 0.445 e. The molecule has 2 nitrogen and oxygen atoms in total. The van der Waals surface area contributed by atoms with Crippen LogP contribution in [-0.2, 0) is 0 Å². The molecule has 0 unspecified atom stereocenters. The molecule has 14 heavy (non-hydrogen) atoms. The summed E-state index contributed by atoms with van der Waals surface area (Å²) in [4.78, 5) is 9.08. The maximum absolute atomic E-state index is 12.0. The molecule has 0 atom stereocenters. The van der Waals surface area contributed by atoms with E-state index in [2.05, 4.69) is 0 Å². The van der Waals surface area contributed by atoms with Crippen LogP contribution in [0.25, 0.3) is 0 Å².